The summed E-state index contributed by atoms with van der Waals surface area (Å²) in [4.78, 5) is 0. The lowest BCUT2D eigenvalue weighted by molar-refractivity contribution is 0.0860. The molecule has 1 atom stereocenters. The maximum Gasteiger partial charge on any atom is 0.196 e. The maximum atomic E-state index is 5.79. The maximum absolute atomic E-state index is 5.79. The lowest BCUT2D eigenvalue weighted by atomic mass is 10.1. The van der Waals surface area contributed by atoms with Gasteiger partial charge in [-0.3, -0.25) is 5.01 Å². The Hall–Kier alpha value is -2.70. The normalized spacial score (nSPS) is 12.4. The topological polar surface area (TPSA) is 57.8 Å². The molecule has 6 nitrogen and oxygen atoms in total. The first-order chi connectivity index (χ1) is 13.4. The number of nitrogens with zero attached hydrogens (tertiary/aromatic N) is 1. The molecule has 0 aromatic heterocycles. The van der Waals surface area contributed by atoms with E-state index in [0.29, 0.717) is 19.1 Å². The Morgan fingerprint density at radius 3 is 2.61 bits per heavy atom. The van der Waals surface area contributed by atoms with E-state index in [9.17, 15) is 0 Å². The van der Waals surface area contributed by atoms with Crippen LogP contribution in [0.1, 0.15) is 25.8 Å². The Balaban J connectivity index is 2.38. The molecule has 0 saturated carbocycles. The van der Waals surface area contributed by atoms with Crippen LogP contribution in [0, 0.1) is 0 Å². The lowest BCUT2D eigenvalue weighted by Crippen LogP contribution is -2.42. The van der Waals surface area contributed by atoms with Crippen LogP contribution >= 0.6 is 0 Å². The van der Waals surface area contributed by atoms with E-state index in [-0.39, 0.29) is 6.04 Å². The third-order valence-electron chi connectivity index (χ3n) is 4.25. The van der Waals surface area contributed by atoms with Crippen LogP contribution in [0.5, 0.6) is 5.75 Å². The lowest BCUT2D eigenvalue weighted by Gasteiger charge is -2.27. The van der Waals surface area contributed by atoms with Crippen molar-refractivity contribution in [3.05, 3.63) is 72.8 Å². The summed E-state index contributed by atoms with van der Waals surface area (Å²) >= 11 is 0. The second-order valence-corrected chi connectivity index (χ2v) is 6.27. The van der Waals surface area contributed by atoms with Crippen molar-refractivity contribution in [1.82, 2.24) is 21.3 Å². The first-order valence-corrected chi connectivity index (χ1v) is 9.36. The van der Waals surface area contributed by atoms with E-state index in [1.165, 1.54) is 0 Å². The average Bonchev–Trinajstić information content (AvgIpc) is 2.71. The van der Waals surface area contributed by atoms with Crippen LogP contribution < -0.4 is 21.0 Å². The van der Waals surface area contributed by atoms with Crippen molar-refractivity contribution in [2.75, 3.05) is 27.3 Å². The number of para-hydroxylation sites is 1. The van der Waals surface area contributed by atoms with E-state index in [4.69, 9.17) is 9.47 Å². The first-order valence-electron chi connectivity index (χ1n) is 9.36. The van der Waals surface area contributed by atoms with Crippen molar-refractivity contribution in [2.45, 2.75) is 26.3 Å². The van der Waals surface area contributed by atoms with Crippen LogP contribution in [0.15, 0.2) is 67.2 Å². The summed E-state index contributed by atoms with van der Waals surface area (Å²) in [5.41, 5.74) is 12.3. The number of hydrazine groups is 2. The van der Waals surface area contributed by atoms with E-state index >= 15 is 0 Å². The van der Waals surface area contributed by atoms with Gasteiger partial charge in [0.2, 0.25) is 0 Å². The van der Waals surface area contributed by atoms with E-state index in [2.05, 4.69) is 42.9 Å². The molecule has 154 valence electrons. The van der Waals surface area contributed by atoms with Crippen molar-refractivity contribution in [3.63, 3.8) is 0 Å². The molecule has 0 bridgehead atoms. The van der Waals surface area contributed by atoms with Gasteiger partial charge in [0.15, 0.2) is 5.88 Å². The second kappa shape index (κ2) is 12.6. The quantitative estimate of drug-likeness (QED) is 0.197. The van der Waals surface area contributed by atoms with Crippen LogP contribution in [0.4, 0.5) is 0 Å². The molecule has 0 fully saturated rings. The smallest absolute Gasteiger partial charge is 0.196 e. The summed E-state index contributed by atoms with van der Waals surface area (Å²) in [6.45, 7) is 16.8. The summed E-state index contributed by atoms with van der Waals surface area (Å²) in [6.07, 6.45) is 4.31. The fraction of sp³-hybridized carbons (Fsp3) is 0.364. The summed E-state index contributed by atoms with van der Waals surface area (Å²) < 4.78 is 11.5. The number of benzene rings is 1. The van der Waals surface area contributed by atoms with Crippen molar-refractivity contribution in [3.8, 4) is 5.75 Å². The molecule has 0 aliphatic carbocycles. The minimum atomic E-state index is 0.0675. The van der Waals surface area contributed by atoms with Gasteiger partial charge >= 0.3 is 0 Å². The van der Waals surface area contributed by atoms with Crippen molar-refractivity contribution in [2.24, 2.45) is 0 Å². The molecule has 0 spiro atoms. The highest BCUT2D eigenvalue weighted by Gasteiger charge is 2.12. The highest BCUT2D eigenvalue weighted by molar-refractivity contribution is 5.55. The Labute approximate surface area is 169 Å². The fourth-order valence-electron chi connectivity index (χ4n) is 2.45. The summed E-state index contributed by atoms with van der Waals surface area (Å²) in [7, 11) is 3.69. The molecule has 3 N–H and O–H groups in total. The Kier molecular flexibility index (Phi) is 10.5. The summed E-state index contributed by atoms with van der Waals surface area (Å²) in [5.74, 6) is 1.38. The van der Waals surface area contributed by atoms with Gasteiger partial charge in [0.1, 0.15) is 5.75 Å². The van der Waals surface area contributed by atoms with E-state index in [1.54, 1.807) is 17.2 Å². The van der Waals surface area contributed by atoms with Crippen LogP contribution in [0.25, 0.3) is 6.08 Å². The van der Waals surface area contributed by atoms with Gasteiger partial charge in [0.25, 0.3) is 0 Å². The molecular weight excluding hydrogens is 352 g/mol. The summed E-state index contributed by atoms with van der Waals surface area (Å²) in [6, 6.07) is 7.89. The minimum Gasteiger partial charge on any atom is -0.493 e. The molecule has 0 aliphatic rings. The van der Waals surface area contributed by atoms with Crippen LogP contribution in [0.3, 0.4) is 0 Å². The molecule has 1 aromatic rings. The van der Waals surface area contributed by atoms with Gasteiger partial charge in [-0.25, -0.2) is 10.9 Å². The van der Waals surface area contributed by atoms with Crippen LogP contribution in [0.2, 0.25) is 0 Å². The Morgan fingerprint density at radius 2 is 1.96 bits per heavy atom. The molecule has 0 saturated heterocycles. The minimum absolute atomic E-state index is 0.0675. The molecular formula is C22H34N4O2. The number of ether oxygens (including phenoxy) is 2. The van der Waals surface area contributed by atoms with E-state index in [0.717, 1.165) is 29.0 Å². The van der Waals surface area contributed by atoms with Crippen molar-refractivity contribution < 1.29 is 9.47 Å². The molecule has 0 radical (unpaired) electrons. The molecule has 1 rings (SSSR count). The fourth-order valence-corrected chi connectivity index (χ4v) is 2.45. The van der Waals surface area contributed by atoms with Gasteiger partial charge in [-0.1, -0.05) is 37.4 Å². The number of nitrogens with one attached hydrogen (secondary N) is 3. The number of hydrogen-bond donors (Lipinski definition) is 3. The summed E-state index contributed by atoms with van der Waals surface area (Å²) in [5, 5.41) is 1.78. The number of hydrogen-bond acceptors (Lipinski definition) is 6. The molecule has 6 heteroatoms. The van der Waals surface area contributed by atoms with Gasteiger partial charge in [0, 0.05) is 37.8 Å². The third kappa shape index (κ3) is 7.50. The third-order valence-corrected chi connectivity index (χ3v) is 4.25. The first kappa shape index (κ1) is 23.3. The molecule has 1 aromatic carbocycles. The van der Waals surface area contributed by atoms with Crippen molar-refractivity contribution >= 4 is 6.08 Å². The molecule has 0 heterocycles. The van der Waals surface area contributed by atoms with Crippen LogP contribution in [-0.4, -0.2) is 38.4 Å². The average molecular weight is 387 g/mol. The van der Waals surface area contributed by atoms with Gasteiger partial charge < -0.3 is 14.9 Å². The standard InChI is InChI=1S/C22H34N4O2/c1-8-20-13-10-11-14-22(20)28-16-12-15-27-19(5)26(7)25-18(4)17(3)21(9-2)24-23-6/h8-11,13-14,18,23-25H,1-2,5,12,15-16H2,3-4,6-7H3/b21-17-/t18-/m0/s1. The predicted octanol–water partition coefficient (Wildman–Crippen LogP) is 3.60. The van der Waals surface area contributed by atoms with Gasteiger partial charge in [-0.05, 0) is 38.1 Å². The zero-order valence-corrected chi connectivity index (χ0v) is 17.5. The monoisotopic (exact) mass is 386 g/mol. The number of rotatable bonds is 14. The SMILES string of the molecule is C=C/C(NNC)=C(\C)[C@H](C)NN(C)C(=C)OCCCOc1ccccc1C=C. The predicted molar refractivity (Wildman–Crippen MR) is 117 cm³/mol. The molecule has 0 aliphatic heterocycles. The second-order valence-electron chi connectivity index (χ2n) is 6.27. The Morgan fingerprint density at radius 1 is 1.25 bits per heavy atom. The van der Waals surface area contributed by atoms with E-state index < -0.39 is 0 Å². The van der Waals surface area contributed by atoms with Gasteiger partial charge in [-0.2, -0.15) is 0 Å². The zero-order chi connectivity index (χ0) is 20.9. The molecule has 0 unspecified atom stereocenters. The van der Waals surface area contributed by atoms with E-state index in [1.807, 2.05) is 45.3 Å². The Bertz CT molecular complexity index is 685. The van der Waals surface area contributed by atoms with Crippen molar-refractivity contribution in [1.29, 1.82) is 0 Å². The van der Waals surface area contributed by atoms with Crippen LogP contribution in [-0.2, 0) is 4.74 Å². The largest absolute Gasteiger partial charge is 0.493 e. The van der Waals surface area contributed by atoms with Gasteiger partial charge in [-0.15, -0.1) is 0 Å². The highest BCUT2D eigenvalue weighted by Crippen LogP contribution is 2.18. The zero-order valence-electron chi connectivity index (χ0n) is 17.5. The van der Waals surface area contributed by atoms with Gasteiger partial charge in [0.05, 0.1) is 13.2 Å². The number of allylic oxidation sites excluding steroid dienone is 1. The molecule has 28 heavy (non-hydrogen) atoms. The molecule has 0 amide bonds. The highest BCUT2D eigenvalue weighted by atomic mass is 16.5.